The number of halogens is 2. The maximum Gasteiger partial charge on any atom is 0.217 e. The van der Waals surface area contributed by atoms with Gasteiger partial charge in [-0.25, -0.2) is 14.7 Å². The molecule has 0 amide bonds. The molecule has 2 atom stereocenters. The molecule has 0 N–H and O–H groups in total. The number of ether oxygens (including phenoxy) is 3. The minimum absolute atomic E-state index is 0.280. The molecule has 0 saturated carbocycles. The molecule has 7 rings (SSSR count). The first-order valence-corrected chi connectivity index (χ1v) is 16.7. The highest BCUT2D eigenvalue weighted by Gasteiger charge is 2.45. The van der Waals surface area contributed by atoms with Gasteiger partial charge in [0.05, 0.1) is 17.3 Å². The Bertz CT molecular complexity index is 1820. The highest BCUT2D eigenvalue weighted by molar-refractivity contribution is 7.07. The summed E-state index contributed by atoms with van der Waals surface area (Å²) in [7, 11) is 2.01. The van der Waals surface area contributed by atoms with E-state index < -0.39 is 5.79 Å². The fourth-order valence-electron chi connectivity index (χ4n) is 5.73. The number of rotatable bonds is 9. The average molecular weight is 679 g/mol. The summed E-state index contributed by atoms with van der Waals surface area (Å²) in [5.74, 6) is -0.374. The highest BCUT2D eigenvalue weighted by atomic mass is 35.5. The van der Waals surface area contributed by atoms with Gasteiger partial charge in [-0.3, -0.25) is 0 Å². The lowest BCUT2D eigenvalue weighted by Crippen LogP contribution is -2.46. The molecule has 0 bridgehead atoms. The van der Waals surface area contributed by atoms with Gasteiger partial charge in [-0.1, -0.05) is 29.3 Å². The number of thiazole rings is 1. The molecule has 2 saturated heterocycles. The lowest BCUT2D eigenvalue weighted by atomic mass is 10.1. The molecule has 2 aliphatic rings. The van der Waals surface area contributed by atoms with Gasteiger partial charge < -0.3 is 28.6 Å². The minimum atomic E-state index is -1.14. The van der Waals surface area contributed by atoms with Gasteiger partial charge in [-0.15, -0.1) is 11.3 Å². The second-order valence-corrected chi connectivity index (χ2v) is 12.9. The molecule has 0 aliphatic carbocycles. The minimum Gasteiger partial charge on any atom is -0.491 e. The van der Waals surface area contributed by atoms with Gasteiger partial charge in [0.1, 0.15) is 37.7 Å². The lowest BCUT2D eigenvalue weighted by Gasteiger charge is -2.37. The lowest BCUT2D eigenvalue weighted by molar-refractivity contribution is -0.190. The molecule has 2 fully saturated rings. The van der Waals surface area contributed by atoms with E-state index in [9.17, 15) is 0 Å². The predicted molar refractivity (Wildman–Crippen MR) is 180 cm³/mol. The molecule has 10 nitrogen and oxygen atoms in total. The third kappa shape index (κ3) is 6.79. The predicted octanol–water partition coefficient (Wildman–Crippen LogP) is 5.89. The summed E-state index contributed by atoms with van der Waals surface area (Å²) in [6.07, 6.45) is 4.79. The summed E-state index contributed by atoms with van der Waals surface area (Å²) in [5, 5.41) is 7.27. The molecule has 2 aliphatic heterocycles. The van der Waals surface area contributed by atoms with Crippen LogP contribution in [0.15, 0.2) is 96.0 Å². The first-order valence-electron chi connectivity index (χ1n) is 15.0. The largest absolute Gasteiger partial charge is 0.491 e. The van der Waals surface area contributed by atoms with Crippen LogP contribution in [0.3, 0.4) is 0 Å². The summed E-state index contributed by atoms with van der Waals surface area (Å²) in [6.45, 7) is 4.70. The van der Waals surface area contributed by atoms with E-state index in [2.05, 4.69) is 56.3 Å². The fraction of sp³-hybridized carbons (Fsp3) is 0.303. The third-order valence-electron chi connectivity index (χ3n) is 8.15. The van der Waals surface area contributed by atoms with Crippen LogP contribution in [0, 0.1) is 0 Å². The van der Waals surface area contributed by atoms with Crippen LogP contribution >= 0.6 is 34.5 Å². The van der Waals surface area contributed by atoms with Crippen LogP contribution in [0.2, 0.25) is 10.0 Å². The van der Waals surface area contributed by atoms with Crippen molar-refractivity contribution in [3.63, 3.8) is 0 Å². The number of nitrogens with zero attached hydrogens (tertiary/aromatic N) is 7. The second kappa shape index (κ2) is 13.5. The van der Waals surface area contributed by atoms with Crippen molar-refractivity contribution in [2.24, 2.45) is 12.0 Å². The molecule has 0 spiro atoms. The summed E-state index contributed by atoms with van der Waals surface area (Å²) < 4.78 is 22.6. The van der Waals surface area contributed by atoms with Crippen LogP contribution in [0.1, 0.15) is 5.56 Å². The van der Waals surface area contributed by atoms with Crippen molar-refractivity contribution in [2.45, 2.75) is 18.4 Å². The van der Waals surface area contributed by atoms with Crippen molar-refractivity contribution in [3.8, 4) is 5.75 Å². The van der Waals surface area contributed by atoms with Crippen molar-refractivity contribution in [3.05, 3.63) is 111 Å². The third-order valence-corrected chi connectivity index (χ3v) is 9.55. The van der Waals surface area contributed by atoms with E-state index in [1.807, 2.05) is 41.4 Å². The zero-order valence-corrected chi connectivity index (χ0v) is 27.5. The first-order chi connectivity index (χ1) is 22.4. The van der Waals surface area contributed by atoms with Crippen LogP contribution in [0.4, 0.5) is 17.1 Å². The Morgan fingerprint density at radius 2 is 1.70 bits per heavy atom. The maximum atomic E-state index is 6.58. The number of anilines is 2. The van der Waals surface area contributed by atoms with E-state index in [4.69, 9.17) is 42.4 Å². The Morgan fingerprint density at radius 1 is 0.978 bits per heavy atom. The Labute approximate surface area is 281 Å². The van der Waals surface area contributed by atoms with Crippen molar-refractivity contribution in [1.29, 1.82) is 0 Å². The topological polar surface area (TPSA) is 82.2 Å². The van der Waals surface area contributed by atoms with Gasteiger partial charge in [0.25, 0.3) is 0 Å². The fourth-order valence-corrected chi connectivity index (χ4v) is 7.03. The molecule has 3 aromatic carbocycles. The molecule has 46 heavy (non-hydrogen) atoms. The van der Waals surface area contributed by atoms with Gasteiger partial charge in [0.2, 0.25) is 5.79 Å². The van der Waals surface area contributed by atoms with Crippen LogP contribution in [-0.4, -0.2) is 64.8 Å². The van der Waals surface area contributed by atoms with Crippen molar-refractivity contribution >= 4 is 51.6 Å². The summed E-state index contributed by atoms with van der Waals surface area (Å²) in [4.78, 5) is 14.6. The normalized spacial score (nSPS) is 20.4. The van der Waals surface area contributed by atoms with E-state index in [1.165, 1.54) is 17.7 Å². The van der Waals surface area contributed by atoms with Gasteiger partial charge in [0.15, 0.2) is 4.80 Å². The van der Waals surface area contributed by atoms with Crippen molar-refractivity contribution in [1.82, 2.24) is 19.3 Å². The number of aryl methyl sites for hydroxylation is 1. The molecule has 5 aromatic rings. The van der Waals surface area contributed by atoms with Gasteiger partial charge in [-0.2, -0.15) is 5.10 Å². The Hall–Kier alpha value is -3.87. The standard InChI is InChI=1S/C33H33Cl2N7O3S/c1-39-16-17-46-32(39)38-25-3-5-26(6-4-25)40-12-14-41(15-13-40)27-7-9-28(10-8-27)43-19-29-20-44-33(45-29,21-42-23-36-22-37-42)30-11-2-24(34)18-31(30)35/h2-11,16-18,22-23,29H,12-15,19-21H2,1H3/t29-,33-/m1/s1. The van der Waals surface area contributed by atoms with Gasteiger partial charge in [0, 0.05) is 66.8 Å². The SMILES string of the molecule is Cn1ccsc1=Nc1ccc(N2CCN(c3ccc(OC[C@@H]4CO[C@@](Cn5cncn5)(c5ccc(Cl)cc5Cl)O4)cc3)CC2)cc1. The van der Waals surface area contributed by atoms with E-state index in [0.717, 1.165) is 42.4 Å². The second-order valence-electron chi connectivity index (χ2n) is 11.2. The monoisotopic (exact) mass is 677 g/mol. The number of hydrogen-bond donors (Lipinski definition) is 0. The van der Waals surface area contributed by atoms with Crippen molar-refractivity contribution in [2.75, 3.05) is 49.2 Å². The smallest absolute Gasteiger partial charge is 0.217 e. The molecule has 0 unspecified atom stereocenters. The van der Waals surface area contributed by atoms with Crippen LogP contribution in [0.25, 0.3) is 0 Å². The summed E-state index contributed by atoms with van der Waals surface area (Å²) >= 11 is 14.4. The van der Waals surface area contributed by atoms with Gasteiger partial charge >= 0.3 is 0 Å². The highest BCUT2D eigenvalue weighted by Crippen LogP contribution is 2.40. The zero-order chi connectivity index (χ0) is 31.5. The number of benzene rings is 3. The van der Waals surface area contributed by atoms with Crippen molar-refractivity contribution < 1.29 is 14.2 Å². The molecule has 2 aromatic heterocycles. The average Bonchev–Trinajstić information content (AvgIpc) is 3.84. The Balaban J connectivity index is 0.930. The molecule has 238 valence electrons. The van der Waals surface area contributed by atoms with Crippen LogP contribution in [0.5, 0.6) is 5.75 Å². The Morgan fingerprint density at radius 3 is 2.33 bits per heavy atom. The van der Waals surface area contributed by atoms with Gasteiger partial charge in [-0.05, 0) is 60.7 Å². The molecule has 13 heteroatoms. The molecular formula is C33H33Cl2N7O3S. The van der Waals surface area contributed by atoms with E-state index >= 15 is 0 Å². The number of piperazine rings is 1. The van der Waals surface area contributed by atoms with Crippen LogP contribution in [-0.2, 0) is 28.9 Å². The summed E-state index contributed by atoms with van der Waals surface area (Å²) in [5.41, 5.74) is 4.04. The first kappa shape index (κ1) is 30.8. The maximum absolute atomic E-state index is 6.58. The molecule has 0 radical (unpaired) electrons. The van der Waals surface area contributed by atoms with Crippen LogP contribution < -0.4 is 19.3 Å². The number of aromatic nitrogens is 4. The summed E-state index contributed by atoms with van der Waals surface area (Å²) in [6, 6.07) is 22.0. The van der Waals surface area contributed by atoms with E-state index in [1.54, 1.807) is 34.5 Å². The van der Waals surface area contributed by atoms with E-state index in [0.29, 0.717) is 28.8 Å². The van der Waals surface area contributed by atoms with E-state index in [-0.39, 0.29) is 12.6 Å². The number of hydrogen-bond acceptors (Lipinski definition) is 9. The molecule has 4 heterocycles. The zero-order valence-electron chi connectivity index (χ0n) is 25.2. The Kier molecular flexibility index (Phi) is 9.01. The molecular weight excluding hydrogens is 645 g/mol. The quantitative estimate of drug-likeness (QED) is 0.192.